The molecule has 4 rings (SSSR count). The Hall–Kier alpha value is -3.71. The van der Waals surface area contributed by atoms with Gasteiger partial charge in [0.15, 0.2) is 5.52 Å². The molecule has 32 heavy (non-hydrogen) atoms. The van der Waals surface area contributed by atoms with Gasteiger partial charge in [0.25, 0.3) is 5.56 Å². The van der Waals surface area contributed by atoms with E-state index in [-0.39, 0.29) is 31.1 Å². The van der Waals surface area contributed by atoms with E-state index in [1.54, 1.807) is 18.2 Å². The third kappa shape index (κ3) is 4.48. The Kier molecular flexibility index (Phi) is 6.18. The third-order valence-corrected chi connectivity index (χ3v) is 5.55. The molecule has 0 atom stereocenters. The lowest BCUT2D eigenvalue weighted by molar-refractivity contribution is -0.121. The Morgan fingerprint density at radius 1 is 1.00 bits per heavy atom. The first-order valence-electron chi connectivity index (χ1n) is 10.1. The molecule has 7 nitrogen and oxygen atoms in total. The number of aromatic nitrogens is 3. The maximum Gasteiger partial charge on any atom is 0.332 e. The lowest BCUT2D eigenvalue weighted by Gasteiger charge is -2.14. The molecule has 162 valence electrons. The highest BCUT2D eigenvalue weighted by molar-refractivity contribution is 6.31. The minimum atomic E-state index is -0.566. The number of carbonyl (C=O) groups is 1. The van der Waals surface area contributed by atoms with Crippen LogP contribution in [-0.4, -0.2) is 20.0 Å². The Bertz CT molecular complexity index is 1410. The van der Waals surface area contributed by atoms with Crippen molar-refractivity contribution in [2.75, 3.05) is 0 Å². The fraction of sp³-hybridized carbons (Fsp3) is 0.167. The molecule has 2 aromatic carbocycles. The average Bonchev–Trinajstić information content (AvgIpc) is 2.80. The van der Waals surface area contributed by atoms with Crippen molar-refractivity contribution in [1.29, 1.82) is 0 Å². The second-order valence-electron chi connectivity index (χ2n) is 7.48. The standard InChI is InChI=1S/C24H21ClN4O3/c1-16-8-10-17(11-9-16)14-29-23(31)22-20(7-4-12-26-22)28(24(29)32)15-21(30)27-13-18-5-2-3-6-19(18)25/h2-12H,13-15H2,1H3,(H,27,30). The number of benzene rings is 2. The predicted molar refractivity (Wildman–Crippen MR) is 124 cm³/mol. The topological polar surface area (TPSA) is 86.0 Å². The molecule has 2 heterocycles. The van der Waals surface area contributed by atoms with Gasteiger partial charge in [0.2, 0.25) is 5.91 Å². The Morgan fingerprint density at radius 3 is 2.50 bits per heavy atom. The SMILES string of the molecule is Cc1ccc(Cn2c(=O)c3ncccc3n(CC(=O)NCc3ccccc3Cl)c2=O)cc1. The smallest absolute Gasteiger partial charge is 0.332 e. The number of pyridine rings is 1. The molecule has 0 radical (unpaired) electrons. The number of nitrogens with one attached hydrogen (secondary N) is 1. The maximum atomic E-state index is 13.2. The van der Waals surface area contributed by atoms with Gasteiger partial charge < -0.3 is 5.32 Å². The molecule has 0 bridgehead atoms. The van der Waals surface area contributed by atoms with Gasteiger partial charge in [0, 0.05) is 17.8 Å². The maximum absolute atomic E-state index is 13.2. The van der Waals surface area contributed by atoms with Crippen molar-refractivity contribution in [1.82, 2.24) is 19.4 Å². The highest BCUT2D eigenvalue weighted by Crippen LogP contribution is 2.14. The van der Waals surface area contributed by atoms with Crippen LogP contribution in [0.4, 0.5) is 0 Å². The van der Waals surface area contributed by atoms with E-state index in [1.807, 2.05) is 49.4 Å². The van der Waals surface area contributed by atoms with Gasteiger partial charge >= 0.3 is 5.69 Å². The average molecular weight is 449 g/mol. The molecule has 8 heteroatoms. The fourth-order valence-corrected chi connectivity index (χ4v) is 3.65. The second-order valence-corrected chi connectivity index (χ2v) is 7.89. The summed E-state index contributed by atoms with van der Waals surface area (Å²) >= 11 is 6.14. The Balaban J connectivity index is 1.68. The molecular weight excluding hydrogens is 428 g/mol. The van der Waals surface area contributed by atoms with E-state index in [9.17, 15) is 14.4 Å². The summed E-state index contributed by atoms with van der Waals surface area (Å²) < 4.78 is 2.39. The van der Waals surface area contributed by atoms with E-state index in [0.717, 1.165) is 21.3 Å². The number of aryl methyl sites for hydroxylation is 1. The van der Waals surface area contributed by atoms with E-state index in [4.69, 9.17) is 11.6 Å². The molecule has 1 amide bonds. The molecule has 0 aliphatic carbocycles. The normalized spacial score (nSPS) is 10.9. The van der Waals surface area contributed by atoms with Crippen molar-refractivity contribution in [3.8, 4) is 0 Å². The van der Waals surface area contributed by atoms with Crippen LogP contribution in [0.5, 0.6) is 0 Å². The van der Waals surface area contributed by atoms with Crippen LogP contribution in [-0.2, 0) is 24.4 Å². The number of hydrogen-bond acceptors (Lipinski definition) is 4. The fourth-order valence-electron chi connectivity index (χ4n) is 3.45. The van der Waals surface area contributed by atoms with Crippen molar-refractivity contribution < 1.29 is 4.79 Å². The molecule has 0 aliphatic heterocycles. The zero-order valence-electron chi connectivity index (χ0n) is 17.4. The van der Waals surface area contributed by atoms with Gasteiger partial charge in [-0.15, -0.1) is 0 Å². The van der Waals surface area contributed by atoms with Crippen molar-refractivity contribution in [3.63, 3.8) is 0 Å². The van der Waals surface area contributed by atoms with E-state index >= 15 is 0 Å². The molecule has 0 spiro atoms. The predicted octanol–water partition coefficient (Wildman–Crippen LogP) is 2.88. The van der Waals surface area contributed by atoms with Crippen molar-refractivity contribution in [2.24, 2.45) is 0 Å². The number of halogens is 1. The molecule has 0 saturated heterocycles. The van der Waals surface area contributed by atoms with Crippen LogP contribution in [0.25, 0.3) is 11.0 Å². The summed E-state index contributed by atoms with van der Waals surface area (Å²) in [6.07, 6.45) is 1.49. The van der Waals surface area contributed by atoms with E-state index in [1.165, 1.54) is 10.8 Å². The minimum Gasteiger partial charge on any atom is -0.350 e. The van der Waals surface area contributed by atoms with Gasteiger partial charge in [0.1, 0.15) is 6.54 Å². The summed E-state index contributed by atoms with van der Waals surface area (Å²) in [5, 5.41) is 3.33. The van der Waals surface area contributed by atoms with Crippen molar-refractivity contribution in [3.05, 3.63) is 109 Å². The molecular formula is C24H21ClN4O3. The van der Waals surface area contributed by atoms with Crippen molar-refractivity contribution in [2.45, 2.75) is 26.6 Å². The van der Waals surface area contributed by atoms with Crippen LogP contribution in [0.3, 0.4) is 0 Å². The van der Waals surface area contributed by atoms with E-state index < -0.39 is 11.2 Å². The van der Waals surface area contributed by atoms with Crippen LogP contribution in [0.2, 0.25) is 5.02 Å². The van der Waals surface area contributed by atoms with Gasteiger partial charge in [-0.25, -0.2) is 9.78 Å². The van der Waals surface area contributed by atoms with Gasteiger partial charge in [-0.1, -0.05) is 59.6 Å². The Morgan fingerprint density at radius 2 is 1.75 bits per heavy atom. The number of hydrogen-bond donors (Lipinski definition) is 1. The van der Waals surface area contributed by atoms with Crippen molar-refractivity contribution >= 4 is 28.5 Å². The molecule has 1 N–H and O–H groups in total. The lowest BCUT2D eigenvalue weighted by atomic mass is 10.1. The van der Waals surface area contributed by atoms with Gasteiger partial charge in [-0.3, -0.25) is 18.7 Å². The second kappa shape index (κ2) is 9.20. The number of fused-ring (bicyclic) bond motifs is 1. The van der Waals surface area contributed by atoms with Crippen LogP contribution >= 0.6 is 11.6 Å². The van der Waals surface area contributed by atoms with Gasteiger partial charge in [-0.2, -0.15) is 0 Å². The monoisotopic (exact) mass is 448 g/mol. The highest BCUT2D eigenvalue weighted by Gasteiger charge is 2.16. The molecule has 0 fully saturated rings. The molecule has 4 aromatic rings. The first kappa shape index (κ1) is 21.5. The van der Waals surface area contributed by atoms with Crippen LogP contribution in [0, 0.1) is 6.92 Å². The largest absolute Gasteiger partial charge is 0.350 e. The van der Waals surface area contributed by atoms with Crippen LogP contribution in [0.15, 0.2) is 76.4 Å². The molecule has 0 saturated carbocycles. The molecule has 2 aromatic heterocycles. The summed E-state index contributed by atoms with van der Waals surface area (Å²) in [6, 6.07) is 18.0. The first-order valence-corrected chi connectivity index (χ1v) is 10.5. The van der Waals surface area contributed by atoms with Gasteiger partial charge in [-0.05, 0) is 36.2 Å². The summed E-state index contributed by atoms with van der Waals surface area (Å²) in [7, 11) is 0. The zero-order valence-corrected chi connectivity index (χ0v) is 18.2. The molecule has 0 unspecified atom stereocenters. The lowest BCUT2D eigenvalue weighted by Crippen LogP contribution is -2.43. The number of amides is 1. The zero-order chi connectivity index (χ0) is 22.7. The minimum absolute atomic E-state index is 0.0890. The van der Waals surface area contributed by atoms with Crippen LogP contribution < -0.4 is 16.6 Å². The van der Waals surface area contributed by atoms with E-state index in [0.29, 0.717) is 10.5 Å². The van der Waals surface area contributed by atoms with Gasteiger partial charge in [0.05, 0.1) is 12.1 Å². The first-order chi connectivity index (χ1) is 15.4. The Labute approximate surface area is 188 Å². The van der Waals surface area contributed by atoms with Crippen LogP contribution in [0.1, 0.15) is 16.7 Å². The molecule has 0 aliphatic rings. The summed E-state index contributed by atoms with van der Waals surface area (Å²) in [5.74, 6) is -0.377. The highest BCUT2D eigenvalue weighted by atomic mass is 35.5. The third-order valence-electron chi connectivity index (χ3n) is 5.18. The number of carbonyl (C=O) groups excluding carboxylic acids is 1. The number of rotatable bonds is 6. The van der Waals surface area contributed by atoms with E-state index in [2.05, 4.69) is 10.3 Å². The summed E-state index contributed by atoms with van der Waals surface area (Å²) in [6.45, 7) is 2.03. The number of nitrogens with zero attached hydrogens (tertiary/aromatic N) is 3. The quantitative estimate of drug-likeness (QED) is 0.491. The summed E-state index contributed by atoms with van der Waals surface area (Å²) in [4.78, 5) is 43.0. The summed E-state index contributed by atoms with van der Waals surface area (Å²) in [5.41, 5.74) is 2.05.